The Balaban J connectivity index is 1.88. The Kier molecular flexibility index (Phi) is 7.03. The minimum absolute atomic E-state index is 0.0292. The summed E-state index contributed by atoms with van der Waals surface area (Å²) in [5, 5.41) is 2.40. The van der Waals surface area contributed by atoms with E-state index in [0.717, 1.165) is 18.2 Å². The third-order valence-corrected chi connectivity index (χ3v) is 3.60. The van der Waals surface area contributed by atoms with Gasteiger partial charge in [0.1, 0.15) is 5.75 Å². The van der Waals surface area contributed by atoms with E-state index in [1.165, 1.54) is 38.3 Å². The first-order valence-corrected chi connectivity index (χ1v) is 8.26. The Hall–Kier alpha value is -3.30. The molecule has 1 N–H and O–H groups in total. The van der Waals surface area contributed by atoms with Crippen LogP contribution in [0.25, 0.3) is 0 Å². The van der Waals surface area contributed by atoms with E-state index in [0.29, 0.717) is 5.56 Å². The number of esters is 1. The summed E-state index contributed by atoms with van der Waals surface area (Å²) < 4.78 is 63.5. The van der Waals surface area contributed by atoms with Gasteiger partial charge in [0.15, 0.2) is 17.7 Å². The van der Waals surface area contributed by atoms with Crippen LogP contribution in [-0.2, 0) is 20.7 Å². The Bertz CT molecular complexity index is 868. The average molecular weight is 415 g/mol. The number of ether oxygens (including phenoxy) is 3. The molecular weight excluding hydrogens is 398 g/mol. The summed E-state index contributed by atoms with van der Waals surface area (Å²) in [6.45, 7) is 1.32. The summed E-state index contributed by atoms with van der Waals surface area (Å²) in [5.74, 6) is -2.50. The Labute approximate surface area is 163 Å². The summed E-state index contributed by atoms with van der Waals surface area (Å²) in [5.41, 5.74) is 0.519. The molecule has 29 heavy (non-hydrogen) atoms. The van der Waals surface area contributed by atoms with Crippen molar-refractivity contribution < 1.29 is 41.4 Å². The van der Waals surface area contributed by atoms with Gasteiger partial charge in [0.2, 0.25) is 0 Å². The number of halogens is 4. The summed E-state index contributed by atoms with van der Waals surface area (Å²) in [4.78, 5) is 24.0. The number of anilines is 1. The summed E-state index contributed by atoms with van der Waals surface area (Å²) in [6, 6.07) is 8.42. The predicted molar refractivity (Wildman–Crippen MR) is 94.0 cm³/mol. The number of rotatable bonds is 7. The van der Waals surface area contributed by atoms with Gasteiger partial charge in [-0.15, -0.1) is 13.2 Å². The van der Waals surface area contributed by atoms with Crippen molar-refractivity contribution in [1.82, 2.24) is 0 Å². The van der Waals surface area contributed by atoms with Gasteiger partial charge in [-0.25, -0.2) is 4.39 Å². The van der Waals surface area contributed by atoms with Crippen LogP contribution in [0.5, 0.6) is 11.5 Å². The van der Waals surface area contributed by atoms with E-state index in [1.807, 2.05) is 0 Å². The summed E-state index contributed by atoms with van der Waals surface area (Å²) in [6.07, 6.45) is -6.26. The molecule has 0 aliphatic heterocycles. The van der Waals surface area contributed by atoms with E-state index in [9.17, 15) is 27.2 Å². The molecule has 6 nitrogen and oxygen atoms in total. The molecule has 2 rings (SSSR count). The lowest BCUT2D eigenvalue weighted by molar-refractivity contribution is -0.274. The molecule has 2 aromatic carbocycles. The first kappa shape index (κ1) is 22.0. The lowest BCUT2D eigenvalue weighted by atomic mass is 10.1. The van der Waals surface area contributed by atoms with Crippen molar-refractivity contribution in [1.29, 1.82) is 0 Å². The second-order valence-electron chi connectivity index (χ2n) is 5.84. The van der Waals surface area contributed by atoms with Gasteiger partial charge in [-0.05, 0) is 48.9 Å². The molecule has 0 aliphatic rings. The number of hydrogen-bond acceptors (Lipinski definition) is 5. The highest BCUT2D eigenvalue weighted by molar-refractivity contribution is 5.95. The molecule has 0 saturated heterocycles. The standard InChI is InChI=1S/C19H17F4NO5/c1-11(28-17(25)10-12-3-8-16(27-2)15(20)9-12)18(26)24-13-4-6-14(7-5-13)29-19(21,22)23/h3-9,11H,10H2,1-2H3,(H,24,26). The lowest BCUT2D eigenvalue weighted by Crippen LogP contribution is -2.30. The molecule has 2 aromatic rings. The zero-order valence-electron chi connectivity index (χ0n) is 15.4. The zero-order chi connectivity index (χ0) is 21.6. The number of carbonyl (C=O) groups excluding carboxylic acids is 2. The van der Waals surface area contributed by atoms with Crippen LogP contribution in [0.4, 0.5) is 23.2 Å². The Morgan fingerprint density at radius 1 is 1.10 bits per heavy atom. The van der Waals surface area contributed by atoms with Crippen molar-refractivity contribution in [2.24, 2.45) is 0 Å². The van der Waals surface area contributed by atoms with E-state index in [1.54, 1.807) is 0 Å². The minimum atomic E-state index is -4.82. The van der Waals surface area contributed by atoms with E-state index in [2.05, 4.69) is 10.1 Å². The van der Waals surface area contributed by atoms with Crippen LogP contribution in [-0.4, -0.2) is 31.5 Å². The van der Waals surface area contributed by atoms with Crippen LogP contribution in [0.1, 0.15) is 12.5 Å². The number of benzene rings is 2. The molecule has 1 unspecified atom stereocenters. The average Bonchev–Trinajstić information content (AvgIpc) is 2.62. The molecule has 10 heteroatoms. The van der Waals surface area contributed by atoms with Crippen molar-refractivity contribution >= 4 is 17.6 Å². The van der Waals surface area contributed by atoms with Gasteiger partial charge in [-0.3, -0.25) is 9.59 Å². The van der Waals surface area contributed by atoms with Crippen LogP contribution < -0.4 is 14.8 Å². The third kappa shape index (κ3) is 6.98. The largest absolute Gasteiger partial charge is 0.573 e. The molecule has 0 aromatic heterocycles. The quantitative estimate of drug-likeness (QED) is 0.549. The number of methoxy groups -OCH3 is 1. The van der Waals surface area contributed by atoms with Gasteiger partial charge in [0.25, 0.3) is 5.91 Å². The van der Waals surface area contributed by atoms with Crippen LogP contribution >= 0.6 is 0 Å². The molecule has 0 saturated carbocycles. The highest BCUT2D eigenvalue weighted by Crippen LogP contribution is 2.24. The normalized spacial score (nSPS) is 12.1. The van der Waals surface area contributed by atoms with Crippen LogP contribution in [0.3, 0.4) is 0 Å². The van der Waals surface area contributed by atoms with Gasteiger partial charge in [0.05, 0.1) is 13.5 Å². The van der Waals surface area contributed by atoms with Crippen LogP contribution in [0.2, 0.25) is 0 Å². The van der Waals surface area contributed by atoms with E-state index >= 15 is 0 Å². The second-order valence-corrected chi connectivity index (χ2v) is 5.84. The van der Waals surface area contributed by atoms with E-state index < -0.39 is 35.9 Å². The van der Waals surface area contributed by atoms with Crippen LogP contribution in [0, 0.1) is 5.82 Å². The molecule has 1 amide bonds. The van der Waals surface area contributed by atoms with Gasteiger partial charge < -0.3 is 19.5 Å². The molecule has 0 spiro atoms. The maximum Gasteiger partial charge on any atom is 0.573 e. The molecular formula is C19H17F4NO5. The maximum absolute atomic E-state index is 13.6. The van der Waals surface area contributed by atoms with E-state index in [-0.39, 0.29) is 17.9 Å². The fourth-order valence-electron chi connectivity index (χ4n) is 2.26. The first-order valence-electron chi connectivity index (χ1n) is 8.26. The molecule has 0 fully saturated rings. The third-order valence-electron chi connectivity index (χ3n) is 3.60. The topological polar surface area (TPSA) is 73.9 Å². The monoisotopic (exact) mass is 415 g/mol. The Morgan fingerprint density at radius 2 is 1.76 bits per heavy atom. The smallest absolute Gasteiger partial charge is 0.494 e. The molecule has 0 radical (unpaired) electrons. The highest BCUT2D eigenvalue weighted by atomic mass is 19.4. The van der Waals surface area contributed by atoms with E-state index in [4.69, 9.17) is 9.47 Å². The number of hydrogen-bond donors (Lipinski definition) is 1. The van der Waals surface area contributed by atoms with Gasteiger partial charge >= 0.3 is 12.3 Å². The molecule has 0 bridgehead atoms. The number of carbonyl (C=O) groups is 2. The minimum Gasteiger partial charge on any atom is -0.494 e. The molecule has 0 aliphatic carbocycles. The van der Waals surface area contributed by atoms with Crippen molar-refractivity contribution in [2.45, 2.75) is 25.8 Å². The van der Waals surface area contributed by atoms with Crippen molar-refractivity contribution in [3.63, 3.8) is 0 Å². The van der Waals surface area contributed by atoms with Gasteiger partial charge in [-0.2, -0.15) is 0 Å². The van der Waals surface area contributed by atoms with Crippen molar-refractivity contribution in [2.75, 3.05) is 12.4 Å². The highest BCUT2D eigenvalue weighted by Gasteiger charge is 2.31. The first-order chi connectivity index (χ1) is 13.6. The predicted octanol–water partition coefficient (Wildman–Crippen LogP) is 3.85. The lowest BCUT2D eigenvalue weighted by Gasteiger charge is -2.14. The van der Waals surface area contributed by atoms with Crippen molar-refractivity contribution in [3.05, 3.63) is 53.8 Å². The zero-order valence-corrected chi connectivity index (χ0v) is 15.4. The number of amides is 1. The second kappa shape index (κ2) is 9.26. The number of nitrogens with one attached hydrogen (secondary N) is 1. The Morgan fingerprint density at radius 3 is 2.31 bits per heavy atom. The van der Waals surface area contributed by atoms with Gasteiger partial charge in [0, 0.05) is 5.69 Å². The van der Waals surface area contributed by atoms with Crippen LogP contribution in [0.15, 0.2) is 42.5 Å². The molecule has 1 atom stereocenters. The SMILES string of the molecule is COc1ccc(CC(=O)OC(C)C(=O)Nc2ccc(OC(F)(F)F)cc2)cc1F. The fraction of sp³-hybridized carbons (Fsp3) is 0.263. The molecule has 156 valence electrons. The molecule has 0 heterocycles. The summed E-state index contributed by atoms with van der Waals surface area (Å²) in [7, 11) is 1.31. The fourth-order valence-corrected chi connectivity index (χ4v) is 2.26. The van der Waals surface area contributed by atoms with Gasteiger partial charge in [-0.1, -0.05) is 6.07 Å². The van der Waals surface area contributed by atoms with Crippen molar-refractivity contribution in [3.8, 4) is 11.5 Å². The summed E-state index contributed by atoms with van der Waals surface area (Å²) >= 11 is 0. The maximum atomic E-state index is 13.6. The number of alkyl halides is 3.